The van der Waals surface area contributed by atoms with Crippen molar-refractivity contribution in [1.29, 1.82) is 0 Å². The second kappa shape index (κ2) is 9.38. The fourth-order valence-electron chi connectivity index (χ4n) is 4.83. The predicted octanol–water partition coefficient (Wildman–Crippen LogP) is 7.28. The molecule has 4 rings (SSSR count). The first-order valence-electron chi connectivity index (χ1n) is 11.2. The SMILES string of the molecule is C[C@@H]1C[C@H](O[C@H](C)c2cc(C(F)(F)F)cc(C(F)(F)F)c2)[C@@H](c2ccc(F)cc2)c2ccc[n+]([O-])c21. The van der Waals surface area contributed by atoms with Gasteiger partial charge in [-0.25, -0.2) is 4.39 Å². The molecule has 0 unspecified atom stereocenters. The lowest BCUT2D eigenvalue weighted by molar-refractivity contribution is -0.616. The van der Waals surface area contributed by atoms with Gasteiger partial charge in [-0.1, -0.05) is 19.1 Å². The molecule has 3 aromatic rings. The van der Waals surface area contributed by atoms with Gasteiger partial charge in [0.15, 0.2) is 11.9 Å². The second-order valence-corrected chi connectivity index (χ2v) is 9.00. The predicted molar refractivity (Wildman–Crippen MR) is 116 cm³/mol. The highest BCUT2D eigenvalue weighted by atomic mass is 19.4. The largest absolute Gasteiger partial charge is 0.618 e. The molecule has 36 heavy (non-hydrogen) atoms. The van der Waals surface area contributed by atoms with Crippen molar-refractivity contribution in [1.82, 2.24) is 0 Å². The molecule has 0 aliphatic heterocycles. The molecule has 1 heterocycles. The van der Waals surface area contributed by atoms with E-state index in [1.165, 1.54) is 37.4 Å². The van der Waals surface area contributed by atoms with Gasteiger partial charge in [0.1, 0.15) is 5.82 Å². The zero-order chi connectivity index (χ0) is 26.4. The van der Waals surface area contributed by atoms with Crippen LogP contribution in [0.15, 0.2) is 60.8 Å². The van der Waals surface area contributed by atoms with Crippen LogP contribution in [0.2, 0.25) is 0 Å². The van der Waals surface area contributed by atoms with Crippen LogP contribution in [-0.4, -0.2) is 6.10 Å². The molecule has 2 aromatic carbocycles. The number of aromatic nitrogens is 1. The molecule has 10 heteroatoms. The maximum absolute atomic E-state index is 13.6. The number of pyridine rings is 1. The van der Waals surface area contributed by atoms with Gasteiger partial charge in [-0.2, -0.15) is 31.1 Å². The van der Waals surface area contributed by atoms with Crippen LogP contribution in [0.1, 0.15) is 71.7 Å². The number of benzene rings is 2. The number of rotatable bonds is 4. The second-order valence-electron chi connectivity index (χ2n) is 9.00. The van der Waals surface area contributed by atoms with E-state index in [-0.39, 0.29) is 24.0 Å². The van der Waals surface area contributed by atoms with Gasteiger partial charge < -0.3 is 9.94 Å². The Hall–Kier alpha value is -3.14. The van der Waals surface area contributed by atoms with Gasteiger partial charge >= 0.3 is 12.4 Å². The molecule has 0 radical (unpaired) electrons. The van der Waals surface area contributed by atoms with Gasteiger partial charge in [-0.05, 0) is 60.9 Å². The van der Waals surface area contributed by atoms with Crippen molar-refractivity contribution >= 4 is 0 Å². The molecule has 0 spiro atoms. The molecule has 1 aliphatic rings. The summed E-state index contributed by atoms with van der Waals surface area (Å²) >= 11 is 0. The third-order valence-electron chi connectivity index (χ3n) is 6.48. The van der Waals surface area contributed by atoms with Crippen LogP contribution in [0.3, 0.4) is 0 Å². The lowest BCUT2D eigenvalue weighted by Crippen LogP contribution is -2.41. The highest BCUT2D eigenvalue weighted by Gasteiger charge is 2.41. The van der Waals surface area contributed by atoms with Crippen LogP contribution in [0.4, 0.5) is 30.7 Å². The Morgan fingerprint density at radius 1 is 0.944 bits per heavy atom. The van der Waals surface area contributed by atoms with Crippen LogP contribution in [0.5, 0.6) is 0 Å². The molecule has 0 bridgehead atoms. The summed E-state index contributed by atoms with van der Waals surface area (Å²) in [5.74, 6) is -1.38. The van der Waals surface area contributed by atoms with Crippen molar-refractivity contribution in [3.8, 4) is 0 Å². The van der Waals surface area contributed by atoms with Crippen molar-refractivity contribution in [3.63, 3.8) is 0 Å². The van der Waals surface area contributed by atoms with Gasteiger partial charge in [-0.15, -0.1) is 0 Å². The third kappa shape index (κ3) is 5.18. The molecule has 0 fully saturated rings. The Labute approximate surface area is 202 Å². The third-order valence-corrected chi connectivity index (χ3v) is 6.48. The molecule has 4 atom stereocenters. The quantitative estimate of drug-likeness (QED) is 0.209. The summed E-state index contributed by atoms with van der Waals surface area (Å²) in [7, 11) is 0. The van der Waals surface area contributed by atoms with E-state index in [2.05, 4.69) is 0 Å². The normalized spacial score (nSPS) is 21.2. The maximum Gasteiger partial charge on any atom is 0.416 e. The van der Waals surface area contributed by atoms with Crippen molar-refractivity contribution in [2.24, 2.45) is 0 Å². The van der Waals surface area contributed by atoms with E-state index >= 15 is 0 Å². The lowest BCUT2D eigenvalue weighted by Gasteiger charge is -2.37. The van der Waals surface area contributed by atoms with Crippen molar-refractivity contribution in [2.75, 3.05) is 0 Å². The summed E-state index contributed by atoms with van der Waals surface area (Å²) in [6.07, 6.45) is -10.2. The fraction of sp³-hybridized carbons (Fsp3) is 0.346. The zero-order valence-electron chi connectivity index (χ0n) is 19.2. The molecule has 0 saturated heterocycles. The van der Waals surface area contributed by atoms with Gasteiger partial charge in [0.25, 0.3) is 0 Å². The number of fused-ring (bicyclic) bond motifs is 1. The number of halogens is 7. The van der Waals surface area contributed by atoms with Gasteiger partial charge in [-0.3, -0.25) is 0 Å². The van der Waals surface area contributed by atoms with Crippen LogP contribution in [-0.2, 0) is 17.1 Å². The number of alkyl halides is 6. The van der Waals surface area contributed by atoms with E-state index in [1.807, 2.05) is 0 Å². The Morgan fingerprint density at radius 3 is 2.08 bits per heavy atom. The van der Waals surface area contributed by atoms with Gasteiger partial charge in [0, 0.05) is 23.5 Å². The first-order chi connectivity index (χ1) is 16.8. The van der Waals surface area contributed by atoms with Crippen molar-refractivity contribution < 1.29 is 40.2 Å². The Balaban J connectivity index is 1.76. The van der Waals surface area contributed by atoms with E-state index in [1.54, 1.807) is 19.1 Å². The standard InChI is InChI=1S/C26H22F7NO2/c1-14-10-22(23(16-5-7-20(27)8-6-16)21-4-3-9-34(35)24(14)21)36-15(2)17-11-18(25(28,29)30)13-19(12-17)26(31,32)33/h3-9,11-15,22-23H,10H2,1-2H3/t14-,15-,22+,23+/m1/s1. The summed E-state index contributed by atoms with van der Waals surface area (Å²) in [4.78, 5) is 0. The van der Waals surface area contributed by atoms with Crippen LogP contribution < -0.4 is 4.73 Å². The number of ether oxygens (including phenoxy) is 1. The average Bonchev–Trinajstić information content (AvgIpc) is 2.78. The topological polar surface area (TPSA) is 36.2 Å². The number of nitrogens with zero attached hydrogens (tertiary/aromatic N) is 1. The van der Waals surface area contributed by atoms with Crippen LogP contribution in [0.25, 0.3) is 0 Å². The lowest BCUT2D eigenvalue weighted by atomic mass is 9.74. The van der Waals surface area contributed by atoms with E-state index in [4.69, 9.17) is 4.74 Å². The Morgan fingerprint density at radius 2 is 1.53 bits per heavy atom. The first kappa shape index (κ1) is 25.9. The summed E-state index contributed by atoms with van der Waals surface area (Å²) in [5, 5.41) is 12.5. The summed E-state index contributed by atoms with van der Waals surface area (Å²) in [5.41, 5.74) is -1.43. The van der Waals surface area contributed by atoms with E-state index in [0.717, 1.165) is 4.73 Å². The van der Waals surface area contributed by atoms with Crippen molar-refractivity contribution in [2.45, 2.75) is 56.7 Å². The maximum atomic E-state index is 13.6. The number of hydrogen-bond donors (Lipinski definition) is 0. The smallest absolute Gasteiger partial charge is 0.416 e. The zero-order valence-corrected chi connectivity index (χ0v) is 19.2. The molecule has 0 saturated carbocycles. The van der Waals surface area contributed by atoms with E-state index in [0.29, 0.717) is 29.0 Å². The van der Waals surface area contributed by atoms with Crippen LogP contribution in [0, 0.1) is 11.0 Å². The first-order valence-corrected chi connectivity index (χ1v) is 11.2. The Kier molecular flexibility index (Phi) is 6.76. The molecular formula is C26H22F7NO2. The number of hydrogen-bond acceptors (Lipinski definition) is 2. The van der Waals surface area contributed by atoms with Gasteiger partial charge in [0.05, 0.1) is 23.3 Å². The molecule has 0 N–H and O–H groups in total. The van der Waals surface area contributed by atoms with E-state index in [9.17, 15) is 35.9 Å². The van der Waals surface area contributed by atoms with Gasteiger partial charge in [0.2, 0.25) is 0 Å². The molecule has 1 aliphatic carbocycles. The monoisotopic (exact) mass is 513 g/mol. The fourth-order valence-corrected chi connectivity index (χ4v) is 4.83. The molecule has 192 valence electrons. The Bertz CT molecular complexity index is 1210. The highest BCUT2D eigenvalue weighted by molar-refractivity contribution is 5.39. The summed E-state index contributed by atoms with van der Waals surface area (Å²) in [6.45, 7) is 3.18. The van der Waals surface area contributed by atoms with Crippen molar-refractivity contribution in [3.05, 3.63) is 105 Å². The van der Waals surface area contributed by atoms with Crippen LogP contribution >= 0.6 is 0 Å². The minimum absolute atomic E-state index is 0.0729. The molecule has 1 aromatic heterocycles. The molecular weight excluding hydrogens is 491 g/mol. The van der Waals surface area contributed by atoms with E-state index < -0.39 is 47.4 Å². The molecule has 0 amide bonds. The minimum Gasteiger partial charge on any atom is -0.618 e. The highest BCUT2D eigenvalue weighted by Crippen LogP contribution is 2.45. The molecule has 3 nitrogen and oxygen atoms in total. The summed E-state index contributed by atoms with van der Waals surface area (Å²) in [6, 6.07) is 10.2. The summed E-state index contributed by atoms with van der Waals surface area (Å²) < 4.78 is 101. The minimum atomic E-state index is -4.98. The average molecular weight is 513 g/mol.